The van der Waals surface area contributed by atoms with Gasteiger partial charge in [0.05, 0.1) is 0 Å². The number of rotatable bonds is 7. The molecule has 0 fully saturated rings. The maximum absolute atomic E-state index is 13.1. The van der Waals surface area contributed by atoms with Crippen molar-refractivity contribution in [3.05, 3.63) is 100 Å². The molecular weight excluding hydrogens is 434 g/mol. The highest BCUT2D eigenvalue weighted by Gasteiger charge is 2.31. The zero-order valence-electron chi connectivity index (χ0n) is 16.1. The molecule has 0 bridgehead atoms. The summed E-state index contributed by atoms with van der Waals surface area (Å²) >= 11 is 5.98. The predicted octanol–water partition coefficient (Wildman–Crippen LogP) is 6.06. The molecule has 0 unspecified atom stereocenters. The van der Waals surface area contributed by atoms with Gasteiger partial charge in [-0.3, -0.25) is 4.79 Å². The quantitative estimate of drug-likeness (QED) is 0.409. The number of halogens is 5. The van der Waals surface area contributed by atoms with Gasteiger partial charge in [-0.25, -0.2) is 4.39 Å². The summed E-state index contributed by atoms with van der Waals surface area (Å²) in [5, 5.41) is 0.384. The Balaban J connectivity index is 1.77. The summed E-state index contributed by atoms with van der Waals surface area (Å²) < 4.78 is 54.1. The van der Waals surface area contributed by atoms with Gasteiger partial charge in [-0.2, -0.15) is 0 Å². The molecule has 3 rings (SSSR count). The molecule has 0 aromatic heterocycles. The molecule has 1 radical (unpaired) electrons. The molecule has 8 heteroatoms. The molecule has 0 aliphatic rings. The lowest BCUT2D eigenvalue weighted by Crippen LogP contribution is -2.32. The van der Waals surface area contributed by atoms with Crippen molar-refractivity contribution in [2.75, 3.05) is 6.54 Å². The molecule has 0 aliphatic heterocycles. The third kappa shape index (κ3) is 7.00. The van der Waals surface area contributed by atoms with Crippen molar-refractivity contribution in [3.8, 4) is 5.75 Å². The Morgan fingerprint density at radius 1 is 1.00 bits per heavy atom. The Labute approximate surface area is 181 Å². The zero-order chi connectivity index (χ0) is 22.4. The van der Waals surface area contributed by atoms with Crippen LogP contribution in [-0.2, 0) is 13.0 Å². The van der Waals surface area contributed by atoms with Crippen molar-refractivity contribution in [1.82, 2.24) is 4.90 Å². The van der Waals surface area contributed by atoms with Crippen LogP contribution < -0.4 is 4.74 Å². The Morgan fingerprint density at radius 2 is 1.65 bits per heavy atom. The first kappa shape index (κ1) is 22.6. The van der Waals surface area contributed by atoms with Crippen molar-refractivity contribution >= 4 is 17.5 Å². The summed E-state index contributed by atoms with van der Waals surface area (Å²) in [5.74, 6) is -1.03. The van der Waals surface area contributed by atoms with Gasteiger partial charge in [0.25, 0.3) is 5.91 Å². The Morgan fingerprint density at radius 3 is 2.26 bits per heavy atom. The molecule has 0 saturated carbocycles. The average Bonchev–Trinajstić information content (AvgIpc) is 2.72. The van der Waals surface area contributed by atoms with Gasteiger partial charge in [0, 0.05) is 23.7 Å². The van der Waals surface area contributed by atoms with E-state index in [4.69, 9.17) is 11.6 Å². The lowest BCUT2D eigenvalue weighted by atomic mass is 10.1. The molecule has 0 heterocycles. The topological polar surface area (TPSA) is 29.5 Å². The standard InChI is InChI=1S/C23H17ClF4NO2/c24-19-3-1-2-18(14-19)22(30)29(13-12-16-4-8-20(25)9-5-16)15-17-6-10-21(11-7-17)31-23(26,27)28/h1,3-11,14H,12-13,15H2. The molecule has 3 aromatic carbocycles. The van der Waals surface area contributed by atoms with Crippen molar-refractivity contribution < 1.29 is 27.1 Å². The van der Waals surface area contributed by atoms with E-state index in [2.05, 4.69) is 10.8 Å². The largest absolute Gasteiger partial charge is 0.573 e. The van der Waals surface area contributed by atoms with Crippen molar-refractivity contribution in [3.63, 3.8) is 0 Å². The van der Waals surface area contributed by atoms with Crippen molar-refractivity contribution in [2.45, 2.75) is 19.3 Å². The van der Waals surface area contributed by atoms with Crippen LogP contribution >= 0.6 is 11.6 Å². The molecule has 3 aromatic rings. The molecule has 0 atom stereocenters. The first-order valence-corrected chi connectivity index (χ1v) is 9.63. The first-order chi connectivity index (χ1) is 14.7. The molecule has 3 nitrogen and oxygen atoms in total. The van der Waals surface area contributed by atoms with Crippen LogP contribution in [0.5, 0.6) is 5.75 Å². The molecule has 31 heavy (non-hydrogen) atoms. The van der Waals surface area contributed by atoms with Crippen molar-refractivity contribution in [2.24, 2.45) is 0 Å². The van der Waals surface area contributed by atoms with E-state index in [0.29, 0.717) is 23.6 Å². The number of ether oxygens (including phenoxy) is 1. The summed E-state index contributed by atoms with van der Waals surface area (Å²) in [6.45, 7) is 0.443. The molecule has 0 spiro atoms. The highest BCUT2D eigenvalue weighted by molar-refractivity contribution is 6.30. The van der Waals surface area contributed by atoms with E-state index in [1.807, 2.05) is 0 Å². The lowest BCUT2D eigenvalue weighted by Gasteiger charge is -2.23. The number of carbonyl (C=O) groups is 1. The van der Waals surface area contributed by atoms with Gasteiger partial charge in [-0.15, -0.1) is 13.2 Å². The van der Waals surface area contributed by atoms with Crippen molar-refractivity contribution in [1.29, 1.82) is 0 Å². The summed E-state index contributed by atoms with van der Waals surface area (Å²) in [6, 6.07) is 18.7. The van der Waals surface area contributed by atoms with Crippen LogP contribution in [0.2, 0.25) is 5.02 Å². The second kappa shape index (κ2) is 9.83. The molecule has 0 aliphatic carbocycles. The minimum absolute atomic E-state index is 0.146. The first-order valence-electron chi connectivity index (χ1n) is 9.25. The number of amides is 1. The predicted molar refractivity (Wildman–Crippen MR) is 108 cm³/mol. The molecular formula is C23H17ClF4NO2. The van der Waals surface area contributed by atoms with E-state index in [0.717, 1.165) is 5.56 Å². The van der Waals surface area contributed by atoms with Crippen LogP contribution in [-0.4, -0.2) is 23.7 Å². The van der Waals surface area contributed by atoms with Gasteiger partial charge in [0.15, 0.2) is 0 Å². The summed E-state index contributed by atoms with van der Waals surface area (Å²) in [7, 11) is 0. The van der Waals surface area contributed by atoms with Gasteiger partial charge < -0.3 is 9.64 Å². The van der Waals surface area contributed by atoms with E-state index in [1.54, 1.807) is 18.2 Å². The Bertz CT molecular complexity index is 1020. The van der Waals surface area contributed by atoms with E-state index in [1.165, 1.54) is 53.4 Å². The van der Waals surface area contributed by atoms with Gasteiger partial charge in [-0.1, -0.05) is 41.9 Å². The van der Waals surface area contributed by atoms with E-state index >= 15 is 0 Å². The molecule has 1 amide bonds. The third-order valence-electron chi connectivity index (χ3n) is 4.40. The number of hydrogen-bond donors (Lipinski definition) is 0. The fourth-order valence-electron chi connectivity index (χ4n) is 2.92. The van der Waals surface area contributed by atoms with Crippen LogP contribution in [0.4, 0.5) is 17.6 Å². The fraction of sp³-hybridized carbons (Fsp3) is 0.174. The smallest absolute Gasteiger partial charge is 0.406 e. The minimum atomic E-state index is -4.78. The third-order valence-corrected chi connectivity index (χ3v) is 4.63. The normalized spacial score (nSPS) is 11.3. The lowest BCUT2D eigenvalue weighted by molar-refractivity contribution is -0.274. The molecule has 0 saturated heterocycles. The number of alkyl halides is 3. The van der Waals surface area contributed by atoms with Gasteiger partial charge in [0.2, 0.25) is 0 Å². The second-order valence-electron chi connectivity index (χ2n) is 6.72. The Hall–Kier alpha value is -3.06. The van der Waals surface area contributed by atoms with Gasteiger partial charge in [0.1, 0.15) is 11.6 Å². The minimum Gasteiger partial charge on any atom is -0.406 e. The van der Waals surface area contributed by atoms with Gasteiger partial charge in [-0.05, 0) is 60.0 Å². The average molecular weight is 451 g/mol. The number of carbonyl (C=O) groups excluding carboxylic acids is 1. The Kier molecular flexibility index (Phi) is 7.17. The number of benzene rings is 3. The van der Waals surface area contributed by atoms with E-state index in [-0.39, 0.29) is 29.6 Å². The highest BCUT2D eigenvalue weighted by Crippen LogP contribution is 2.23. The number of hydrogen-bond acceptors (Lipinski definition) is 2. The maximum Gasteiger partial charge on any atom is 0.573 e. The van der Waals surface area contributed by atoms with Crippen LogP contribution in [0, 0.1) is 11.9 Å². The summed E-state index contributed by atoms with van der Waals surface area (Å²) in [4.78, 5) is 14.6. The van der Waals surface area contributed by atoms with Crippen LogP contribution in [0.25, 0.3) is 0 Å². The zero-order valence-corrected chi connectivity index (χ0v) is 16.9. The monoisotopic (exact) mass is 450 g/mol. The fourth-order valence-corrected chi connectivity index (χ4v) is 3.09. The van der Waals surface area contributed by atoms with Gasteiger partial charge >= 0.3 is 6.36 Å². The molecule has 161 valence electrons. The number of nitrogens with zero attached hydrogens (tertiary/aromatic N) is 1. The molecule has 0 N–H and O–H groups in total. The SMILES string of the molecule is O=C(c1[c]ccc(Cl)c1)N(CCc1ccc(F)cc1)Cc1ccc(OC(F)(F)F)cc1. The second-order valence-corrected chi connectivity index (χ2v) is 7.15. The van der Waals surface area contributed by atoms with Crippen LogP contribution in [0.3, 0.4) is 0 Å². The summed E-state index contributed by atoms with van der Waals surface area (Å²) in [6.07, 6.45) is -4.32. The van der Waals surface area contributed by atoms with Crippen LogP contribution in [0.1, 0.15) is 21.5 Å². The summed E-state index contributed by atoms with van der Waals surface area (Å²) in [5.41, 5.74) is 1.72. The van der Waals surface area contributed by atoms with E-state index in [9.17, 15) is 22.4 Å². The maximum atomic E-state index is 13.1. The highest BCUT2D eigenvalue weighted by atomic mass is 35.5. The van der Waals surface area contributed by atoms with Crippen LogP contribution in [0.15, 0.2) is 66.7 Å². The van der Waals surface area contributed by atoms with E-state index < -0.39 is 6.36 Å².